The fourth-order valence-electron chi connectivity index (χ4n) is 4.32. The van der Waals surface area contributed by atoms with E-state index in [0.717, 1.165) is 29.5 Å². The van der Waals surface area contributed by atoms with Gasteiger partial charge >= 0.3 is 0 Å². The lowest BCUT2D eigenvalue weighted by atomic mass is 9.73. The minimum Gasteiger partial charge on any atom is -0.356 e. The molecule has 1 aromatic carbocycles. The van der Waals surface area contributed by atoms with E-state index >= 15 is 0 Å². The molecule has 1 aliphatic rings. The SMILES string of the molecule is CCNC(=O)C1(Cc2cccc(-c3cccnc3)c2)CCCN(C(=O)C(C)(C)C)C1. The van der Waals surface area contributed by atoms with Crippen LogP contribution in [-0.2, 0) is 16.0 Å². The summed E-state index contributed by atoms with van der Waals surface area (Å²) in [5.74, 6) is 0.156. The number of benzene rings is 1. The van der Waals surface area contributed by atoms with Crippen LogP contribution in [0.2, 0.25) is 0 Å². The molecule has 5 nitrogen and oxygen atoms in total. The monoisotopic (exact) mass is 407 g/mol. The number of piperidine rings is 1. The summed E-state index contributed by atoms with van der Waals surface area (Å²) >= 11 is 0. The predicted octanol–water partition coefficient (Wildman–Crippen LogP) is 4.08. The number of pyridine rings is 1. The topological polar surface area (TPSA) is 62.3 Å². The Labute approximate surface area is 179 Å². The summed E-state index contributed by atoms with van der Waals surface area (Å²) in [6.45, 7) is 9.53. The van der Waals surface area contributed by atoms with Crippen LogP contribution in [0.3, 0.4) is 0 Å². The quantitative estimate of drug-likeness (QED) is 0.812. The van der Waals surface area contributed by atoms with Crippen molar-refractivity contribution in [3.63, 3.8) is 0 Å². The van der Waals surface area contributed by atoms with E-state index in [1.165, 1.54) is 0 Å². The van der Waals surface area contributed by atoms with Gasteiger partial charge in [0.05, 0.1) is 5.41 Å². The van der Waals surface area contributed by atoms with Crippen LogP contribution in [0.4, 0.5) is 0 Å². The summed E-state index contributed by atoms with van der Waals surface area (Å²) in [6.07, 6.45) is 5.84. The van der Waals surface area contributed by atoms with Gasteiger partial charge in [0, 0.05) is 37.4 Å². The summed E-state index contributed by atoms with van der Waals surface area (Å²) in [4.78, 5) is 32.3. The largest absolute Gasteiger partial charge is 0.356 e. The molecule has 30 heavy (non-hydrogen) atoms. The van der Waals surface area contributed by atoms with Gasteiger partial charge in [-0.3, -0.25) is 14.6 Å². The van der Waals surface area contributed by atoms with Crippen LogP contribution in [0.5, 0.6) is 0 Å². The first-order valence-corrected chi connectivity index (χ1v) is 10.8. The van der Waals surface area contributed by atoms with Gasteiger partial charge < -0.3 is 10.2 Å². The van der Waals surface area contributed by atoms with Crippen LogP contribution in [0.15, 0.2) is 48.8 Å². The number of hydrogen-bond acceptors (Lipinski definition) is 3. The molecule has 0 saturated carbocycles. The van der Waals surface area contributed by atoms with Gasteiger partial charge in [0.15, 0.2) is 0 Å². The number of likely N-dealkylation sites (tertiary alicyclic amines) is 1. The number of amides is 2. The van der Waals surface area contributed by atoms with Crippen LogP contribution in [0, 0.1) is 10.8 Å². The van der Waals surface area contributed by atoms with Crippen molar-refractivity contribution in [3.05, 3.63) is 54.4 Å². The number of rotatable bonds is 5. The fourth-order valence-corrected chi connectivity index (χ4v) is 4.32. The zero-order valence-electron chi connectivity index (χ0n) is 18.6. The minimum atomic E-state index is -0.608. The van der Waals surface area contributed by atoms with E-state index in [0.29, 0.717) is 26.1 Å². The van der Waals surface area contributed by atoms with Gasteiger partial charge in [-0.05, 0) is 48.9 Å². The zero-order valence-corrected chi connectivity index (χ0v) is 18.6. The van der Waals surface area contributed by atoms with Crippen LogP contribution < -0.4 is 5.32 Å². The average Bonchev–Trinajstić information content (AvgIpc) is 2.73. The summed E-state index contributed by atoms with van der Waals surface area (Å²) in [7, 11) is 0. The molecule has 3 rings (SSSR count). The molecule has 1 saturated heterocycles. The summed E-state index contributed by atoms with van der Waals surface area (Å²) in [6, 6.07) is 12.3. The summed E-state index contributed by atoms with van der Waals surface area (Å²) < 4.78 is 0. The van der Waals surface area contributed by atoms with Crippen molar-refractivity contribution in [1.29, 1.82) is 0 Å². The van der Waals surface area contributed by atoms with Crippen molar-refractivity contribution < 1.29 is 9.59 Å². The lowest BCUT2D eigenvalue weighted by molar-refractivity contribution is -0.147. The van der Waals surface area contributed by atoms with Gasteiger partial charge in [-0.2, -0.15) is 0 Å². The second-order valence-electron chi connectivity index (χ2n) is 9.34. The minimum absolute atomic E-state index is 0.0446. The molecule has 1 atom stereocenters. The zero-order chi connectivity index (χ0) is 21.8. The van der Waals surface area contributed by atoms with Crippen LogP contribution in [0.1, 0.15) is 46.1 Å². The van der Waals surface area contributed by atoms with Gasteiger partial charge in [0.2, 0.25) is 11.8 Å². The molecule has 0 bridgehead atoms. The normalized spacial score (nSPS) is 19.4. The molecule has 0 aliphatic carbocycles. The van der Waals surface area contributed by atoms with E-state index in [4.69, 9.17) is 0 Å². The highest BCUT2D eigenvalue weighted by Gasteiger charge is 2.44. The summed E-state index contributed by atoms with van der Waals surface area (Å²) in [5.41, 5.74) is 2.19. The van der Waals surface area contributed by atoms with Gasteiger partial charge in [0.1, 0.15) is 0 Å². The van der Waals surface area contributed by atoms with Gasteiger partial charge in [-0.25, -0.2) is 0 Å². The number of nitrogens with zero attached hydrogens (tertiary/aromatic N) is 2. The van der Waals surface area contributed by atoms with Crippen LogP contribution >= 0.6 is 0 Å². The second-order valence-corrected chi connectivity index (χ2v) is 9.34. The molecular weight excluding hydrogens is 374 g/mol. The Hall–Kier alpha value is -2.69. The third-order valence-electron chi connectivity index (χ3n) is 5.79. The molecule has 0 spiro atoms. The van der Waals surface area contributed by atoms with Crippen molar-refractivity contribution in [3.8, 4) is 11.1 Å². The number of hydrogen-bond donors (Lipinski definition) is 1. The predicted molar refractivity (Wildman–Crippen MR) is 120 cm³/mol. The molecule has 160 valence electrons. The molecule has 1 fully saturated rings. The van der Waals surface area contributed by atoms with E-state index in [2.05, 4.69) is 28.5 Å². The number of carbonyl (C=O) groups is 2. The highest BCUT2D eigenvalue weighted by Crippen LogP contribution is 2.36. The highest BCUT2D eigenvalue weighted by atomic mass is 16.2. The first-order chi connectivity index (χ1) is 14.2. The Morgan fingerprint density at radius 1 is 1.17 bits per heavy atom. The van der Waals surface area contributed by atoms with Crippen molar-refractivity contribution >= 4 is 11.8 Å². The lowest BCUT2D eigenvalue weighted by Crippen LogP contribution is -2.56. The van der Waals surface area contributed by atoms with E-state index in [-0.39, 0.29) is 11.8 Å². The second kappa shape index (κ2) is 8.99. The summed E-state index contributed by atoms with van der Waals surface area (Å²) in [5, 5.41) is 3.03. The van der Waals surface area contributed by atoms with Gasteiger partial charge in [0.25, 0.3) is 0 Å². The maximum atomic E-state index is 13.2. The van der Waals surface area contributed by atoms with E-state index in [1.807, 2.05) is 57.0 Å². The first kappa shape index (κ1) is 22.0. The fraction of sp³-hybridized carbons (Fsp3) is 0.480. The average molecular weight is 408 g/mol. The van der Waals surface area contributed by atoms with Crippen molar-refractivity contribution in [1.82, 2.24) is 15.2 Å². The molecular formula is C25H33N3O2. The third-order valence-corrected chi connectivity index (χ3v) is 5.79. The van der Waals surface area contributed by atoms with Crippen molar-refractivity contribution in [2.45, 2.75) is 47.0 Å². The maximum absolute atomic E-state index is 13.2. The molecule has 1 N–H and O–H groups in total. The number of carbonyl (C=O) groups excluding carboxylic acids is 2. The Balaban J connectivity index is 1.91. The van der Waals surface area contributed by atoms with Crippen LogP contribution in [0.25, 0.3) is 11.1 Å². The number of nitrogens with one attached hydrogen (secondary N) is 1. The molecule has 1 unspecified atom stereocenters. The Bertz CT molecular complexity index is 889. The third kappa shape index (κ3) is 4.89. The van der Waals surface area contributed by atoms with Crippen LogP contribution in [-0.4, -0.2) is 41.3 Å². The molecule has 1 aromatic heterocycles. The lowest BCUT2D eigenvalue weighted by Gasteiger charge is -2.43. The van der Waals surface area contributed by atoms with E-state index in [9.17, 15) is 9.59 Å². The Morgan fingerprint density at radius 3 is 2.60 bits per heavy atom. The molecule has 0 radical (unpaired) electrons. The molecule has 1 aliphatic heterocycles. The van der Waals surface area contributed by atoms with E-state index < -0.39 is 10.8 Å². The number of aromatic nitrogens is 1. The molecule has 2 heterocycles. The van der Waals surface area contributed by atoms with Gasteiger partial charge in [-0.15, -0.1) is 0 Å². The maximum Gasteiger partial charge on any atom is 0.228 e. The molecule has 2 amide bonds. The Morgan fingerprint density at radius 2 is 1.93 bits per heavy atom. The van der Waals surface area contributed by atoms with Gasteiger partial charge in [-0.1, -0.05) is 51.1 Å². The highest BCUT2D eigenvalue weighted by molar-refractivity contribution is 5.86. The van der Waals surface area contributed by atoms with Crippen molar-refractivity contribution in [2.24, 2.45) is 10.8 Å². The standard InChI is InChI=1S/C25H33N3O2/c1-5-27-22(29)25(12-8-14-28(18-25)23(30)24(2,3)4)16-19-9-6-10-20(15-19)21-11-7-13-26-17-21/h6-7,9-11,13,15,17H,5,8,12,14,16,18H2,1-4H3,(H,27,29). The smallest absolute Gasteiger partial charge is 0.228 e. The molecule has 2 aromatic rings. The first-order valence-electron chi connectivity index (χ1n) is 10.8. The Kier molecular flexibility index (Phi) is 6.59. The van der Waals surface area contributed by atoms with E-state index in [1.54, 1.807) is 6.20 Å². The van der Waals surface area contributed by atoms with Crippen molar-refractivity contribution in [2.75, 3.05) is 19.6 Å². The molecule has 5 heteroatoms.